The summed E-state index contributed by atoms with van der Waals surface area (Å²) < 4.78 is 5.72. The van der Waals surface area contributed by atoms with E-state index in [0.717, 1.165) is 24.2 Å². The minimum atomic E-state index is -0.124. The number of hydrogen-bond acceptors (Lipinski definition) is 7. The van der Waals surface area contributed by atoms with Crippen molar-refractivity contribution in [3.8, 4) is 0 Å². The largest absolute Gasteiger partial charge is 0.377 e. The molecule has 1 aromatic carbocycles. The molecule has 1 aromatic heterocycles. The second-order valence-electron chi connectivity index (χ2n) is 6.52. The standard InChI is InChI=1S/C19H26N6O2/c1-21-7-4-10-27-13-14-5-3-6-15(11-14)25-9-8-24(2)17-16(18(25)26)12-22-19(20)23-17/h3,5-6,11-12,21H,4,7-10,13H2,1-2H3,(H2,20,22,23). The highest BCUT2D eigenvalue weighted by Gasteiger charge is 2.27. The molecule has 27 heavy (non-hydrogen) atoms. The molecule has 0 spiro atoms. The highest BCUT2D eigenvalue weighted by Crippen LogP contribution is 2.26. The molecule has 0 bridgehead atoms. The van der Waals surface area contributed by atoms with Crippen LogP contribution in [0.1, 0.15) is 22.3 Å². The van der Waals surface area contributed by atoms with Crippen LogP contribution in [0.25, 0.3) is 0 Å². The van der Waals surface area contributed by atoms with Crippen LogP contribution in [0, 0.1) is 0 Å². The van der Waals surface area contributed by atoms with Crippen molar-refractivity contribution >= 4 is 23.4 Å². The van der Waals surface area contributed by atoms with Crippen molar-refractivity contribution in [2.24, 2.45) is 0 Å². The summed E-state index contributed by atoms with van der Waals surface area (Å²) in [6, 6.07) is 7.89. The van der Waals surface area contributed by atoms with E-state index >= 15 is 0 Å². The summed E-state index contributed by atoms with van der Waals surface area (Å²) in [6.45, 7) is 3.36. The van der Waals surface area contributed by atoms with E-state index in [9.17, 15) is 4.79 Å². The Balaban J connectivity index is 1.77. The average Bonchev–Trinajstić information content (AvgIpc) is 2.79. The van der Waals surface area contributed by atoms with E-state index < -0.39 is 0 Å². The number of hydrogen-bond donors (Lipinski definition) is 2. The molecule has 0 atom stereocenters. The Hall–Kier alpha value is -2.71. The third-order valence-corrected chi connectivity index (χ3v) is 4.49. The van der Waals surface area contributed by atoms with Crippen molar-refractivity contribution in [1.82, 2.24) is 15.3 Å². The van der Waals surface area contributed by atoms with E-state index in [4.69, 9.17) is 10.5 Å². The van der Waals surface area contributed by atoms with Gasteiger partial charge in [-0.1, -0.05) is 12.1 Å². The zero-order valence-corrected chi connectivity index (χ0v) is 15.8. The fraction of sp³-hybridized carbons (Fsp3) is 0.421. The number of carbonyl (C=O) groups is 1. The zero-order valence-electron chi connectivity index (χ0n) is 15.8. The van der Waals surface area contributed by atoms with Gasteiger partial charge in [-0.3, -0.25) is 4.79 Å². The van der Waals surface area contributed by atoms with Crippen molar-refractivity contribution in [2.45, 2.75) is 13.0 Å². The number of nitrogens with zero attached hydrogens (tertiary/aromatic N) is 4. The molecule has 0 saturated heterocycles. The first-order valence-electron chi connectivity index (χ1n) is 9.07. The van der Waals surface area contributed by atoms with Gasteiger partial charge in [0.15, 0.2) is 0 Å². The number of rotatable bonds is 7. The van der Waals surface area contributed by atoms with Crippen molar-refractivity contribution in [3.05, 3.63) is 41.6 Å². The van der Waals surface area contributed by atoms with Gasteiger partial charge in [-0.25, -0.2) is 4.98 Å². The number of benzene rings is 1. The third kappa shape index (κ3) is 4.53. The molecule has 3 N–H and O–H groups in total. The number of likely N-dealkylation sites (N-methyl/N-ethyl adjacent to an activating group) is 1. The maximum absolute atomic E-state index is 13.1. The van der Waals surface area contributed by atoms with Crippen molar-refractivity contribution in [1.29, 1.82) is 0 Å². The van der Waals surface area contributed by atoms with Gasteiger partial charge in [0.2, 0.25) is 5.95 Å². The van der Waals surface area contributed by atoms with E-state index in [1.807, 2.05) is 43.3 Å². The predicted octanol–water partition coefficient (Wildman–Crippen LogP) is 1.28. The minimum Gasteiger partial charge on any atom is -0.377 e. The van der Waals surface area contributed by atoms with Gasteiger partial charge < -0.3 is 25.6 Å². The number of anilines is 3. The van der Waals surface area contributed by atoms with Gasteiger partial charge in [0.25, 0.3) is 5.91 Å². The van der Waals surface area contributed by atoms with E-state index in [2.05, 4.69) is 15.3 Å². The van der Waals surface area contributed by atoms with Crippen LogP contribution in [0.2, 0.25) is 0 Å². The van der Waals surface area contributed by atoms with Gasteiger partial charge in [-0.2, -0.15) is 4.98 Å². The van der Waals surface area contributed by atoms with Gasteiger partial charge in [-0.15, -0.1) is 0 Å². The second-order valence-corrected chi connectivity index (χ2v) is 6.52. The number of fused-ring (bicyclic) bond motifs is 1. The first-order chi connectivity index (χ1) is 13.1. The second kappa shape index (κ2) is 8.79. The van der Waals surface area contributed by atoms with Crippen LogP contribution in [0.5, 0.6) is 0 Å². The molecule has 0 radical (unpaired) electrons. The maximum atomic E-state index is 13.1. The highest BCUT2D eigenvalue weighted by molar-refractivity contribution is 6.09. The molecule has 2 heterocycles. The summed E-state index contributed by atoms with van der Waals surface area (Å²) in [7, 11) is 3.83. The van der Waals surface area contributed by atoms with Gasteiger partial charge >= 0.3 is 0 Å². The fourth-order valence-electron chi connectivity index (χ4n) is 3.03. The Kier molecular flexibility index (Phi) is 6.20. The number of ether oxygens (including phenoxy) is 1. The first-order valence-corrected chi connectivity index (χ1v) is 9.07. The van der Waals surface area contributed by atoms with Crippen LogP contribution < -0.4 is 20.9 Å². The fourth-order valence-corrected chi connectivity index (χ4v) is 3.03. The van der Waals surface area contributed by atoms with Gasteiger partial charge in [-0.05, 0) is 37.7 Å². The Morgan fingerprint density at radius 1 is 1.33 bits per heavy atom. The summed E-state index contributed by atoms with van der Waals surface area (Å²) in [4.78, 5) is 25.0. The molecule has 144 valence electrons. The van der Waals surface area contributed by atoms with Crippen LogP contribution in [-0.4, -0.2) is 56.2 Å². The summed E-state index contributed by atoms with van der Waals surface area (Å²) in [5, 5.41) is 3.10. The molecule has 0 fully saturated rings. The molecular formula is C19H26N6O2. The quantitative estimate of drug-likeness (QED) is 0.709. The summed E-state index contributed by atoms with van der Waals surface area (Å²) in [6.07, 6.45) is 2.47. The van der Waals surface area contributed by atoms with Gasteiger partial charge in [0, 0.05) is 38.6 Å². The normalized spacial score (nSPS) is 14.2. The Bertz CT molecular complexity index is 798. The lowest BCUT2D eigenvalue weighted by Crippen LogP contribution is -2.33. The molecule has 1 amide bonds. The summed E-state index contributed by atoms with van der Waals surface area (Å²) >= 11 is 0. The highest BCUT2D eigenvalue weighted by atomic mass is 16.5. The molecule has 0 aliphatic carbocycles. The van der Waals surface area contributed by atoms with Crippen molar-refractivity contribution in [3.63, 3.8) is 0 Å². The zero-order chi connectivity index (χ0) is 19.2. The number of carbonyl (C=O) groups excluding carboxylic acids is 1. The van der Waals surface area contributed by atoms with Gasteiger partial charge in [0.05, 0.1) is 6.61 Å². The number of nitrogen functional groups attached to an aromatic ring is 1. The van der Waals surface area contributed by atoms with E-state index in [1.54, 1.807) is 4.90 Å². The van der Waals surface area contributed by atoms with E-state index in [1.165, 1.54) is 6.20 Å². The monoisotopic (exact) mass is 370 g/mol. The van der Waals surface area contributed by atoms with Crippen LogP contribution in [0.3, 0.4) is 0 Å². The minimum absolute atomic E-state index is 0.124. The smallest absolute Gasteiger partial charge is 0.263 e. The molecule has 3 rings (SSSR count). The van der Waals surface area contributed by atoms with E-state index in [-0.39, 0.29) is 11.9 Å². The Labute approximate surface area is 159 Å². The van der Waals surface area contributed by atoms with Gasteiger partial charge in [0.1, 0.15) is 11.4 Å². The molecule has 2 aromatic rings. The third-order valence-electron chi connectivity index (χ3n) is 4.49. The predicted molar refractivity (Wildman–Crippen MR) is 106 cm³/mol. The lowest BCUT2D eigenvalue weighted by molar-refractivity contribution is 0.0989. The number of aromatic nitrogens is 2. The van der Waals surface area contributed by atoms with Crippen LogP contribution >= 0.6 is 0 Å². The molecule has 1 aliphatic heterocycles. The molecule has 8 heteroatoms. The number of nitrogens with one attached hydrogen (secondary N) is 1. The lowest BCUT2D eigenvalue weighted by Gasteiger charge is -2.21. The molecule has 0 saturated carbocycles. The maximum Gasteiger partial charge on any atom is 0.263 e. The molecule has 0 unspecified atom stereocenters. The van der Waals surface area contributed by atoms with Crippen molar-refractivity contribution in [2.75, 3.05) is 55.9 Å². The molecular weight excluding hydrogens is 344 g/mol. The lowest BCUT2D eigenvalue weighted by atomic mass is 10.1. The SMILES string of the molecule is CNCCCOCc1cccc(N2CCN(C)c3nc(N)ncc3C2=O)c1. The first kappa shape index (κ1) is 19.1. The number of amides is 1. The van der Waals surface area contributed by atoms with E-state index in [0.29, 0.717) is 37.7 Å². The number of nitrogens with two attached hydrogens (primary N) is 1. The van der Waals surface area contributed by atoms with Crippen molar-refractivity contribution < 1.29 is 9.53 Å². The Morgan fingerprint density at radius 2 is 2.19 bits per heavy atom. The molecule has 1 aliphatic rings. The topological polar surface area (TPSA) is 96.6 Å². The van der Waals surface area contributed by atoms with Crippen LogP contribution in [0.4, 0.5) is 17.5 Å². The molecule has 8 nitrogen and oxygen atoms in total. The Morgan fingerprint density at radius 3 is 3.00 bits per heavy atom. The average molecular weight is 370 g/mol. The summed E-state index contributed by atoms with van der Waals surface area (Å²) in [5.74, 6) is 0.611. The summed E-state index contributed by atoms with van der Waals surface area (Å²) in [5.41, 5.74) is 8.03. The van der Waals surface area contributed by atoms with Crippen LogP contribution in [0.15, 0.2) is 30.5 Å². The van der Waals surface area contributed by atoms with Crippen LogP contribution in [-0.2, 0) is 11.3 Å².